The van der Waals surface area contributed by atoms with Gasteiger partial charge in [0.25, 0.3) is 0 Å². The summed E-state index contributed by atoms with van der Waals surface area (Å²) < 4.78 is 64.6. The minimum absolute atomic E-state index is 0.0102. The monoisotopic (exact) mass is 349 g/mol. The Bertz CT molecular complexity index is 707. The second-order valence-electron chi connectivity index (χ2n) is 6.53. The van der Waals surface area contributed by atoms with Gasteiger partial charge in [0.2, 0.25) is 0 Å². The van der Waals surface area contributed by atoms with Gasteiger partial charge in [0.15, 0.2) is 0 Å². The van der Waals surface area contributed by atoms with Gasteiger partial charge in [-0.15, -0.1) is 0 Å². The third-order valence-corrected chi connectivity index (χ3v) is 5.84. The van der Waals surface area contributed by atoms with Crippen LogP contribution < -0.4 is 4.18 Å². The van der Waals surface area contributed by atoms with Crippen LogP contribution in [0.1, 0.15) is 24.0 Å². The molecule has 0 atom stereocenters. The smallest absolute Gasteiger partial charge is 0.376 e. The molecule has 1 heterocycles. The zero-order valence-corrected chi connectivity index (χ0v) is 13.5. The maximum atomic E-state index is 12.5. The molecule has 0 saturated carbocycles. The number of nitrogens with zero attached hydrogens (tertiary/aromatic N) is 1. The number of alkyl halides is 3. The topological polar surface area (TPSA) is 46.6 Å². The average Bonchev–Trinajstić information content (AvgIpc) is 2.80. The molecule has 0 bridgehead atoms. The van der Waals surface area contributed by atoms with Gasteiger partial charge in [-0.1, -0.05) is 12.1 Å². The summed E-state index contributed by atoms with van der Waals surface area (Å²) in [5, 5.41) is 0. The average molecular weight is 349 g/mol. The van der Waals surface area contributed by atoms with Crippen molar-refractivity contribution in [1.29, 1.82) is 0 Å². The van der Waals surface area contributed by atoms with Crippen molar-refractivity contribution < 1.29 is 25.8 Å². The Kier molecular flexibility index (Phi) is 3.87. The number of benzene rings is 1. The van der Waals surface area contributed by atoms with Crippen LogP contribution in [-0.2, 0) is 23.0 Å². The van der Waals surface area contributed by atoms with Gasteiger partial charge in [-0.05, 0) is 68.4 Å². The molecule has 1 aliphatic heterocycles. The lowest BCUT2D eigenvalue weighted by Crippen LogP contribution is -2.38. The Morgan fingerprint density at radius 2 is 1.83 bits per heavy atom. The summed E-state index contributed by atoms with van der Waals surface area (Å²) in [4.78, 5) is 2.22. The highest BCUT2D eigenvalue weighted by molar-refractivity contribution is 7.88. The predicted octanol–water partition coefficient (Wildman–Crippen LogP) is 2.73. The summed E-state index contributed by atoms with van der Waals surface area (Å²) in [7, 11) is -3.59. The molecule has 1 spiro atoms. The number of fused-ring (bicyclic) bond motifs is 1. The van der Waals surface area contributed by atoms with Crippen LogP contribution >= 0.6 is 0 Å². The molecule has 1 aliphatic carbocycles. The predicted molar refractivity (Wildman–Crippen MR) is 78.6 cm³/mol. The van der Waals surface area contributed by atoms with Crippen molar-refractivity contribution in [2.75, 3.05) is 20.1 Å². The van der Waals surface area contributed by atoms with E-state index >= 15 is 0 Å². The van der Waals surface area contributed by atoms with E-state index in [1.807, 2.05) is 13.1 Å². The fourth-order valence-electron chi connectivity index (χ4n) is 3.51. The zero-order valence-electron chi connectivity index (χ0n) is 12.7. The molecule has 8 heteroatoms. The molecule has 0 aromatic heterocycles. The molecule has 0 N–H and O–H groups in total. The highest BCUT2D eigenvalue weighted by Gasteiger charge is 2.49. The number of rotatable bonds is 2. The lowest BCUT2D eigenvalue weighted by molar-refractivity contribution is -0.0500. The van der Waals surface area contributed by atoms with E-state index < -0.39 is 15.6 Å². The SMILES string of the molecule is CN1CCC2(CC1)Cc1cccc(OS(=O)(=O)C(F)(F)F)c1C2. The van der Waals surface area contributed by atoms with Crippen molar-refractivity contribution in [2.24, 2.45) is 5.41 Å². The highest BCUT2D eigenvalue weighted by Crippen LogP contribution is 2.47. The molecule has 3 rings (SSSR count). The molecule has 2 aliphatic rings. The molecule has 4 nitrogen and oxygen atoms in total. The van der Waals surface area contributed by atoms with Crippen LogP contribution in [0.4, 0.5) is 13.2 Å². The van der Waals surface area contributed by atoms with Crippen LogP contribution in [-0.4, -0.2) is 39.0 Å². The van der Waals surface area contributed by atoms with E-state index in [2.05, 4.69) is 9.08 Å². The van der Waals surface area contributed by atoms with Crippen molar-refractivity contribution >= 4 is 10.1 Å². The molecule has 1 aromatic rings. The molecular weight excluding hydrogens is 331 g/mol. The highest BCUT2D eigenvalue weighted by atomic mass is 32.2. The fraction of sp³-hybridized carbons (Fsp3) is 0.600. The third-order valence-electron chi connectivity index (χ3n) is 4.88. The van der Waals surface area contributed by atoms with Gasteiger partial charge in [-0.25, -0.2) is 0 Å². The Balaban J connectivity index is 1.88. The van der Waals surface area contributed by atoms with Crippen molar-refractivity contribution in [1.82, 2.24) is 4.90 Å². The van der Waals surface area contributed by atoms with Crippen molar-refractivity contribution in [3.63, 3.8) is 0 Å². The number of halogens is 3. The number of piperidine rings is 1. The standard InChI is InChI=1S/C15H18F3NO3S/c1-19-7-5-14(6-8-19)9-11-3-2-4-13(12(11)10-14)22-23(20,21)15(16,17)18/h2-4H,5-10H2,1H3. The van der Waals surface area contributed by atoms with Crippen LogP contribution in [0.25, 0.3) is 0 Å². The van der Waals surface area contributed by atoms with Gasteiger partial charge < -0.3 is 9.08 Å². The first kappa shape index (κ1) is 16.6. The molecule has 0 radical (unpaired) electrons. The second kappa shape index (κ2) is 5.37. The third kappa shape index (κ3) is 3.06. The van der Waals surface area contributed by atoms with E-state index in [0.29, 0.717) is 12.0 Å². The molecule has 0 unspecified atom stereocenters. The van der Waals surface area contributed by atoms with Gasteiger partial charge >= 0.3 is 15.6 Å². The minimum atomic E-state index is -5.63. The van der Waals surface area contributed by atoms with Crippen LogP contribution in [0, 0.1) is 5.41 Å². The van der Waals surface area contributed by atoms with Gasteiger partial charge in [-0.2, -0.15) is 21.6 Å². The second-order valence-corrected chi connectivity index (χ2v) is 8.07. The first-order chi connectivity index (χ1) is 10.6. The van der Waals surface area contributed by atoms with Crippen LogP contribution in [0.5, 0.6) is 5.75 Å². The van der Waals surface area contributed by atoms with Crippen LogP contribution in [0.3, 0.4) is 0 Å². The summed E-state index contributed by atoms with van der Waals surface area (Å²) >= 11 is 0. The molecule has 1 aromatic carbocycles. The lowest BCUT2D eigenvalue weighted by atomic mass is 9.76. The fourth-order valence-corrected chi connectivity index (χ4v) is 4.00. The molecule has 1 fully saturated rings. The van der Waals surface area contributed by atoms with E-state index in [1.165, 1.54) is 6.07 Å². The van der Waals surface area contributed by atoms with Crippen molar-refractivity contribution in [3.8, 4) is 5.75 Å². The van der Waals surface area contributed by atoms with Crippen LogP contribution in [0.15, 0.2) is 18.2 Å². The molecule has 1 saturated heterocycles. The normalized spacial score (nSPS) is 21.4. The Hall–Kier alpha value is -1.28. The maximum absolute atomic E-state index is 12.5. The molecule has 128 valence electrons. The van der Waals surface area contributed by atoms with Crippen molar-refractivity contribution in [2.45, 2.75) is 31.2 Å². The largest absolute Gasteiger partial charge is 0.534 e. The summed E-state index contributed by atoms with van der Waals surface area (Å²) in [6.45, 7) is 1.87. The van der Waals surface area contributed by atoms with E-state index in [-0.39, 0.29) is 11.2 Å². The molecule has 23 heavy (non-hydrogen) atoms. The van der Waals surface area contributed by atoms with Crippen LogP contribution in [0.2, 0.25) is 0 Å². The lowest BCUT2D eigenvalue weighted by Gasteiger charge is -2.37. The van der Waals surface area contributed by atoms with Gasteiger partial charge in [0.05, 0.1) is 0 Å². The quantitative estimate of drug-likeness (QED) is 0.608. The summed E-state index contributed by atoms with van der Waals surface area (Å²) in [5.41, 5.74) is -3.91. The number of likely N-dealkylation sites (tertiary alicyclic amines) is 1. The molecular formula is C15H18F3NO3S. The Morgan fingerprint density at radius 1 is 1.17 bits per heavy atom. The Labute approximate surface area is 133 Å². The molecule has 0 amide bonds. The maximum Gasteiger partial charge on any atom is 0.534 e. The Morgan fingerprint density at radius 3 is 2.43 bits per heavy atom. The van der Waals surface area contributed by atoms with Gasteiger partial charge in [0.1, 0.15) is 5.75 Å². The number of hydrogen-bond donors (Lipinski definition) is 0. The first-order valence-corrected chi connectivity index (χ1v) is 8.83. The summed E-state index contributed by atoms with van der Waals surface area (Å²) in [5.74, 6) is -0.185. The van der Waals surface area contributed by atoms with E-state index in [0.717, 1.165) is 37.9 Å². The van der Waals surface area contributed by atoms with Crippen molar-refractivity contribution in [3.05, 3.63) is 29.3 Å². The van der Waals surface area contributed by atoms with Gasteiger partial charge in [-0.3, -0.25) is 0 Å². The minimum Gasteiger partial charge on any atom is -0.376 e. The number of hydrogen-bond acceptors (Lipinski definition) is 4. The summed E-state index contributed by atoms with van der Waals surface area (Å²) in [6.07, 6.45) is 3.23. The van der Waals surface area contributed by atoms with E-state index in [4.69, 9.17) is 0 Å². The summed E-state index contributed by atoms with van der Waals surface area (Å²) in [6, 6.07) is 4.69. The first-order valence-electron chi connectivity index (χ1n) is 7.42. The van der Waals surface area contributed by atoms with Gasteiger partial charge in [0, 0.05) is 0 Å². The zero-order chi connectivity index (χ0) is 16.9. The van der Waals surface area contributed by atoms with E-state index in [1.54, 1.807) is 6.07 Å². The van der Waals surface area contributed by atoms with E-state index in [9.17, 15) is 21.6 Å².